The molecule has 0 bridgehead atoms. The van der Waals surface area contributed by atoms with Crippen LogP contribution >= 0.6 is 0 Å². The predicted octanol–water partition coefficient (Wildman–Crippen LogP) is 6.87. The van der Waals surface area contributed by atoms with E-state index in [1.807, 2.05) is 12.1 Å². The van der Waals surface area contributed by atoms with Crippen LogP contribution in [0, 0.1) is 29.0 Å². The third-order valence-corrected chi connectivity index (χ3v) is 5.53. The number of nitrogens with zero attached hydrogens (tertiary/aromatic N) is 1. The first-order valence-corrected chi connectivity index (χ1v) is 9.66. The standard InChI is InChI=1S/C22H29F2N/c23-15-5-3-1-2-4-6-18-7-9-19(10-8-18)11-12-20-13-14-21(17-25)22(24)16-20/h5,13-16,18-19H,1-4,6-12H2/b15-5+/t18-,19-. The minimum Gasteiger partial charge on any atom is -0.216 e. The molecule has 136 valence electrons. The zero-order valence-electron chi connectivity index (χ0n) is 15.0. The van der Waals surface area contributed by atoms with Crippen molar-refractivity contribution < 1.29 is 8.78 Å². The molecular weight excluding hydrogens is 316 g/mol. The second kappa shape index (κ2) is 11.0. The minimum atomic E-state index is -0.397. The zero-order valence-corrected chi connectivity index (χ0v) is 15.0. The van der Waals surface area contributed by atoms with Gasteiger partial charge in [-0.15, -0.1) is 0 Å². The number of rotatable bonds is 9. The van der Waals surface area contributed by atoms with Crippen LogP contribution in [-0.4, -0.2) is 0 Å². The van der Waals surface area contributed by atoms with Gasteiger partial charge in [-0.3, -0.25) is 0 Å². The summed E-state index contributed by atoms with van der Waals surface area (Å²) in [6.07, 6.45) is 15.2. The maximum absolute atomic E-state index is 13.6. The molecule has 1 aromatic carbocycles. The monoisotopic (exact) mass is 345 g/mol. The Morgan fingerprint density at radius 3 is 2.40 bits per heavy atom. The summed E-state index contributed by atoms with van der Waals surface area (Å²) in [5.41, 5.74) is 1.13. The Bertz CT molecular complexity index is 580. The fraction of sp³-hybridized carbons (Fsp3) is 0.591. The lowest BCUT2D eigenvalue weighted by atomic mass is 9.77. The van der Waals surface area contributed by atoms with E-state index in [4.69, 9.17) is 5.26 Å². The van der Waals surface area contributed by atoms with Crippen molar-refractivity contribution in [2.75, 3.05) is 0 Å². The van der Waals surface area contributed by atoms with Crippen LogP contribution in [0.4, 0.5) is 8.78 Å². The summed E-state index contributed by atoms with van der Waals surface area (Å²) in [7, 11) is 0. The normalized spacial score (nSPS) is 20.7. The van der Waals surface area contributed by atoms with Gasteiger partial charge in [0.1, 0.15) is 11.9 Å². The van der Waals surface area contributed by atoms with Crippen molar-refractivity contribution in [1.82, 2.24) is 0 Å². The van der Waals surface area contributed by atoms with Crippen molar-refractivity contribution in [2.45, 2.75) is 70.6 Å². The van der Waals surface area contributed by atoms with E-state index < -0.39 is 5.82 Å². The molecule has 0 amide bonds. The van der Waals surface area contributed by atoms with Gasteiger partial charge in [0.15, 0.2) is 0 Å². The lowest BCUT2D eigenvalue weighted by Gasteiger charge is -2.28. The van der Waals surface area contributed by atoms with Crippen molar-refractivity contribution in [3.8, 4) is 6.07 Å². The van der Waals surface area contributed by atoms with E-state index in [9.17, 15) is 8.78 Å². The third kappa shape index (κ3) is 6.98. The van der Waals surface area contributed by atoms with E-state index in [0.717, 1.165) is 43.1 Å². The zero-order chi connectivity index (χ0) is 17.9. The van der Waals surface area contributed by atoms with Crippen LogP contribution in [0.25, 0.3) is 0 Å². The summed E-state index contributed by atoms with van der Waals surface area (Å²) < 4.78 is 25.5. The summed E-state index contributed by atoms with van der Waals surface area (Å²) >= 11 is 0. The van der Waals surface area contributed by atoms with Gasteiger partial charge in [-0.2, -0.15) is 5.26 Å². The molecule has 1 aromatic rings. The Balaban J connectivity index is 1.61. The summed E-state index contributed by atoms with van der Waals surface area (Å²) in [5, 5.41) is 8.78. The molecule has 1 aliphatic rings. The Morgan fingerprint density at radius 2 is 1.76 bits per heavy atom. The highest BCUT2D eigenvalue weighted by atomic mass is 19.1. The van der Waals surface area contributed by atoms with Crippen LogP contribution in [0.3, 0.4) is 0 Å². The van der Waals surface area contributed by atoms with Gasteiger partial charge in [0.25, 0.3) is 0 Å². The first-order valence-electron chi connectivity index (χ1n) is 9.66. The molecule has 0 atom stereocenters. The van der Waals surface area contributed by atoms with E-state index >= 15 is 0 Å². The van der Waals surface area contributed by atoms with Crippen LogP contribution in [0.5, 0.6) is 0 Å². The molecule has 25 heavy (non-hydrogen) atoms. The van der Waals surface area contributed by atoms with Crippen LogP contribution in [0.15, 0.2) is 30.6 Å². The summed E-state index contributed by atoms with van der Waals surface area (Å²) in [5.74, 6) is 1.22. The smallest absolute Gasteiger partial charge is 0.141 e. The van der Waals surface area contributed by atoms with E-state index in [1.165, 1.54) is 51.0 Å². The topological polar surface area (TPSA) is 23.8 Å². The van der Waals surface area contributed by atoms with Gasteiger partial charge in [-0.25, -0.2) is 8.78 Å². The van der Waals surface area contributed by atoms with Crippen molar-refractivity contribution in [3.63, 3.8) is 0 Å². The Labute approximate surface area is 150 Å². The molecule has 1 fully saturated rings. The highest BCUT2D eigenvalue weighted by Gasteiger charge is 2.20. The molecule has 0 aliphatic heterocycles. The molecule has 1 aliphatic carbocycles. The van der Waals surface area contributed by atoms with Gasteiger partial charge in [-0.05, 0) is 55.2 Å². The predicted molar refractivity (Wildman–Crippen MR) is 98.2 cm³/mol. The molecule has 3 heteroatoms. The number of aryl methyl sites for hydroxylation is 1. The van der Waals surface area contributed by atoms with Crippen LogP contribution in [-0.2, 0) is 6.42 Å². The third-order valence-electron chi connectivity index (χ3n) is 5.53. The first kappa shape index (κ1) is 19.6. The highest BCUT2D eigenvalue weighted by molar-refractivity contribution is 5.33. The fourth-order valence-electron chi connectivity index (χ4n) is 3.92. The highest BCUT2D eigenvalue weighted by Crippen LogP contribution is 2.34. The van der Waals surface area contributed by atoms with E-state index in [2.05, 4.69) is 0 Å². The summed E-state index contributed by atoms with van der Waals surface area (Å²) in [6.45, 7) is 0. The Morgan fingerprint density at radius 1 is 1.04 bits per heavy atom. The largest absolute Gasteiger partial charge is 0.216 e. The van der Waals surface area contributed by atoms with Crippen molar-refractivity contribution in [2.24, 2.45) is 11.8 Å². The van der Waals surface area contributed by atoms with Crippen LogP contribution in [0.2, 0.25) is 0 Å². The molecule has 1 nitrogen and oxygen atoms in total. The average Bonchev–Trinajstić information content (AvgIpc) is 2.64. The van der Waals surface area contributed by atoms with Gasteiger partial charge >= 0.3 is 0 Å². The van der Waals surface area contributed by atoms with E-state index in [1.54, 1.807) is 12.1 Å². The molecule has 0 heterocycles. The molecule has 0 unspecified atom stereocenters. The molecule has 0 spiro atoms. The van der Waals surface area contributed by atoms with Gasteiger partial charge in [-0.1, -0.05) is 57.1 Å². The van der Waals surface area contributed by atoms with Gasteiger partial charge in [0.05, 0.1) is 11.9 Å². The van der Waals surface area contributed by atoms with Crippen LogP contribution in [0.1, 0.15) is 75.3 Å². The van der Waals surface area contributed by atoms with Gasteiger partial charge < -0.3 is 0 Å². The number of hydrogen-bond acceptors (Lipinski definition) is 1. The van der Waals surface area contributed by atoms with E-state index in [-0.39, 0.29) is 5.56 Å². The summed E-state index contributed by atoms with van der Waals surface area (Å²) in [6, 6.07) is 6.85. The molecular formula is C22H29F2N. The lowest BCUT2D eigenvalue weighted by molar-refractivity contribution is 0.249. The SMILES string of the molecule is N#Cc1ccc(CC[C@H]2CC[C@H](CCCCC/C=C/F)CC2)cc1F. The summed E-state index contributed by atoms with van der Waals surface area (Å²) in [4.78, 5) is 0. The maximum atomic E-state index is 13.6. The average molecular weight is 345 g/mol. The molecule has 2 rings (SSSR count). The molecule has 0 radical (unpaired) electrons. The Kier molecular flexibility index (Phi) is 8.66. The molecule has 0 N–H and O–H groups in total. The Hall–Kier alpha value is -1.69. The number of hydrogen-bond donors (Lipinski definition) is 0. The number of benzene rings is 1. The first-order chi connectivity index (χ1) is 12.2. The number of nitriles is 1. The number of unbranched alkanes of at least 4 members (excludes halogenated alkanes) is 3. The van der Waals surface area contributed by atoms with Crippen molar-refractivity contribution >= 4 is 0 Å². The molecule has 0 aromatic heterocycles. The minimum absolute atomic E-state index is 0.130. The number of allylic oxidation sites excluding steroid dienone is 1. The second-order valence-electron chi connectivity index (χ2n) is 7.35. The number of halogens is 2. The van der Waals surface area contributed by atoms with Crippen molar-refractivity contribution in [1.29, 1.82) is 5.26 Å². The maximum Gasteiger partial charge on any atom is 0.141 e. The van der Waals surface area contributed by atoms with Gasteiger partial charge in [0.2, 0.25) is 0 Å². The molecule has 1 saturated carbocycles. The lowest BCUT2D eigenvalue weighted by Crippen LogP contribution is -2.15. The van der Waals surface area contributed by atoms with Gasteiger partial charge in [0, 0.05) is 0 Å². The van der Waals surface area contributed by atoms with E-state index in [0.29, 0.717) is 6.33 Å². The molecule has 0 saturated heterocycles. The van der Waals surface area contributed by atoms with Crippen LogP contribution < -0.4 is 0 Å². The fourth-order valence-corrected chi connectivity index (χ4v) is 3.92. The second-order valence-corrected chi connectivity index (χ2v) is 7.35. The quantitative estimate of drug-likeness (QED) is 0.448. The van der Waals surface area contributed by atoms with Crippen molar-refractivity contribution in [3.05, 3.63) is 47.5 Å².